The van der Waals surface area contributed by atoms with Crippen molar-refractivity contribution >= 4 is 11.8 Å². The number of benzene rings is 2. The second kappa shape index (κ2) is 14.4. The van der Waals surface area contributed by atoms with Crippen LogP contribution in [0.25, 0.3) is 0 Å². The van der Waals surface area contributed by atoms with Gasteiger partial charge >= 0.3 is 0 Å². The number of rotatable bonds is 13. The number of para-hydroxylation sites is 2. The van der Waals surface area contributed by atoms with Crippen LogP contribution >= 0.6 is 0 Å². The Morgan fingerprint density at radius 1 is 0.943 bits per heavy atom. The lowest BCUT2D eigenvalue weighted by Crippen LogP contribution is -2.39. The normalized spacial score (nSPS) is 14.8. The summed E-state index contributed by atoms with van der Waals surface area (Å²) in [5, 5.41) is 19.1. The van der Waals surface area contributed by atoms with Crippen molar-refractivity contribution < 1.29 is 19.4 Å². The molecule has 1 saturated carbocycles. The minimum Gasteiger partial charge on any atom is -0.507 e. The average Bonchev–Trinajstić information content (AvgIpc) is 2.90. The van der Waals surface area contributed by atoms with E-state index >= 15 is 0 Å². The third-order valence-corrected chi connectivity index (χ3v) is 6.72. The Labute approximate surface area is 208 Å². The second-order valence-corrected chi connectivity index (χ2v) is 9.15. The molecule has 1 aliphatic carbocycles. The van der Waals surface area contributed by atoms with Crippen molar-refractivity contribution in [3.05, 3.63) is 59.7 Å². The number of carbonyl (C=O) groups is 2. The minimum atomic E-state index is -0.237. The lowest BCUT2D eigenvalue weighted by molar-refractivity contribution is 0.0944. The molecular formula is C28H39N3O4. The summed E-state index contributed by atoms with van der Waals surface area (Å²) in [6.45, 7) is 1.80. The van der Waals surface area contributed by atoms with Crippen LogP contribution in [0, 0.1) is 5.92 Å². The largest absolute Gasteiger partial charge is 0.507 e. The predicted octanol–water partition coefficient (Wildman–Crippen LogP) is 4.27. The van der Waals surface area contributed by atoms with Gasteiger partial charge in [0, 0.05) is 26.2 Å². The molecule has 0 saturated heterocycles. The summed E-state index contributed by atoms with van der Waals surface area (Å²) in [6, 6.07) is 14.3. The van der Waals surface area contributed by atoms with Gasteiger partial charge in [-0.3, -0.25) is 9.59 Å². The molecule has 3 rings (SSSR count). The molecule has 1 atom stereocenters. The summed E-state index contributed by atoms with van der Waals surface area (Å²) >= 11 is 0. The maximum Gasteiger partial charge on any atom is 0.255 e. The van der Waals surface area contributed by atoms with Gasteiger partial charge in [0.2, 0.25) is 0 Å². The van der Waals surface area contributed by atoms with Gasteiger partial charge in [-0.2, -0.15) is 0 Å². The van der Waals surface area contributed by atoms with E-state index in [-0.39, 0.29) is 17.6 Å². The number of nitrogens with one attached hydrogen (secondary N) is 3. The van der Waals surface area contributed by atoms with Gasteiger partial charge in [-0.15, -0.1) is 0 Å². The van der Waals surface area contributed by atoms with E-state index in [0.29, 0.717) is 48.5 Å². The molecule has 2 amide bonds. The monoisotopic (exact) mass is 481 g/mol. The van der Waals surface area contributed by atoms with Crippen molar-refractivity contribution in [2.45, 2.75) is 57.4 Å². The molecule has 0 bridgehead atoms. The summed E-state index contributed by atoms with van der Waals surface area (Å²) in [5.74, 6) is 0.884. The summed E-state index contributed by atoms with van der Waals surface area (Å²) in [5.41, 5.74) is 0.858. The molecule has 35 heavy (non-hydrogen) atoms. The van der Waals surface area contributed by atoms with Crippen molar-refractivity contribution in [3.63, 3.8) is 0 Å². The van der Waals surface area contributed by atoms with E-state index < -0.39 is 0 Å². The van der Waals surface area contributed by atoms with Crippen LogP contribution in [0.3, 0.4) is 0 Å². The topological polar surface area (TPSA) is 99.7 Å². The van der Waals surface area contributed by atoms with Gasteiger partial charge in [0.1, 0.15) is 18.1 Å². The first-order chi connectivity index (χ1) is 17.1. The van der Waals surface area contributed by atoms with Crippen molar-refractivity contribution in [1.82, 2.24) is 16.0 Å². The van der Waals surface area contributed by atoms with Gasteiger partial charge < -0.3 is 25.8 Å². The van der Waals surface area contributed by atoms with E-state index in [2.05, 4.69) is 16.0 Å². The number of unbranched alkanes of at least 4 members (excludes halogenated alkanes) is 1. The zero-order chi connectivity index (χ0) is 24.9. The minimum absolute atomic E-state index is 0.00623. The molecule has 4 N–H and O–H groups in total. The Balaban J connectivity index is 1.43. The van der Waals surface area contributed by atoms with Crippen molar-refractivity contribution in [2.24, 2.45) is 5.92 Å². The number of phenolic OH excluding ortho intramolecular Hbond substituents is 1. The Kier molecular flexibility index (Phi) is 10.9. The third-order valence-electron chi connectivity index (χ3n) is 6.72. The molecule has 0 heterocycles. The Hall–Kier alpha value is -3.06. The maximum absolute atomic E-state index is 12.3. The quantitative estimate of drug-likeness (QED) is 0.320. The van der Waals surface area contributed by atoms with E-state index in [1.165, 1.54) is 38.2 Å². The van der Waals surface area contributed by atoms with Crippen molar-refractivity contribution in [1.29, 1.82) is 0 Å². The average molecular weight is 482 g/mol. The molecule has 2 aromatic carbocycles. The lowest BCUT2D eigenvalue weighted by atomic mass is 9.82. The fraction of sp³-hybridized carbons (Fsp3) is 0.500. The highest BCUT2D eigenvalue weighted by Gasteiger charge is 2.23. The van der Waals surface area contributed by atoms with Crippen LogP contribution in [-0.2, 0) is 0 Å². The molecule has 7 heteroatoms. The summed E-state index contributed by atoms with van der Waals surface area (Å²) in [4.78, 5) is 24.3. The van der Waals surface area contributed by atoms with E-state index in [1.54, 1.807) is 31.3 Å². The van der Waals surface area contributed by atoms with Gasteiger partial charge in [0.05, 0.1) is 11.1 Å². The first-order valence-corrected chi connectivity index (χ1v) is 12.8. The number of hydrogen-bond donors (Lipinski definition) is 4. The number of carbonyl (C=O) groups excluding carboxylic acids is 2. The van der Waals surface area contributed by atoms with Crippen LogP contribution in [0.1, 0.15) is 72.1 Å². The first kappa shape index (κ1) is 26.5. The Morgan fingerprint density at radius 2 is 1.66 bits per heavy atom. The van der Waals surface area contributed by atoms with Crippen LogP contribution in [0.5, 0.6) is 11.5 Å². The molecule has 1 unspecified atom stereocenters. The highest BCUT2D eigenvalue weighted by Crippen LogP contribution is 2.28. The fourth-order valence-corrected chi connectivity index (χ4v) is 4.81. The van der Waals surface area contributed by atoms with Gasteiger partial charge in [0.15, 0.2) is 0 Å². The van der Waals surface area contributed by atoms with Crippen LogP contribution in [0.15, 0.2) is 48.5 Å². The maximum atomic E-state index is 12.3. The molecule has 1 aliphatic rings. The molecule has 7 nitrogen and oxygen atoms in total. The molecular weight excluding hydrogens is 442 g/mol. The van der Waals surface area contributed by atoms with Crippen molar-refractivity contribution in [2.75, 3.05) is 26.7 Å². The van der Waals surface area contributed by atoms with Crippen LogP contribution in [-0.4, -0.2) is 49.7 Å². The lowest BCUT2D eigenvalue weighted by Gasteiger charge is -2.31. The molecule has 190 valence electrons. The molecule has 0 aliphatic heterocycles. The molecule has 1 fully saturated rings. The van der Waals surface area contributed by atoms with Gasteiger partial charge in [-0.25, -0.2) is 0 Å². The Morgan fingerprint density at radius 3 is 2.40 bits per heavy atom. The standard InChI is InChI=1S/C28H39N3O4/c1-29-27(33)23-14-6-8-17-26(23)35-20-19-30-24(21-11-3-2-4-12-21)15-9-10-18-31-28(34)22-13-5-7-16-25(22)32/h5-8,13-14,16-17,21,24,30,32H,2-4,9-12,15,18-20H2,1H3,(H,29,33)(H,31,34). The fourth-order valence-electron chi connectivity index (χ4n) is 4.81. The molecule has 0 radical (unpaired) electrons. The zero-order valence-corrected chi connectivity index (χ0v) is 20.7. The van der Waals surface area contributed by atoms with Crippen LogP contribution < -0.4 is 20.7 Å². The number of ether oxygens (including phenoxy) is 1. The highest BCUT2D eigenvalue weighted by atomic mass is 16.5. The number of phenols is 1. The van der Waals surface area contributed by atoms with Crippen LogP contribution in [0.4, 0.5) is 0 Å². The van der Waals surface area contributed by atoms with Gasteiger partial charge in [-0.1, -0.05) is 49.9 Å². The molecule has 2 aromatic rings. The molecule has 0 spiro atoms. The predicted molar refractivity (Wildman–Crippen MR) is 138 cm³/mol. The summed E-state index contributed by atoms with van der Waals surface area (Å²) in [7, 11) is 1.62. The Bertz CT molecular complexity index is 943. The highest BCUT2D eigenvalue weighted by molar-refractivity contribution is 5.97. The van der Waals surface area contributed by atoms with Crippen LogP contribution in [0.2, 0.25) is 0 Å². The smallest absolute Gasteiger partial charge is 0.255 e. The number of amides is 2. The zero-order valence-electron chi connectivity index (χ0n) is 20.7. The SMILES string of the molecule is CNC(=O)c1ccccc1OCCNC(CCCCNC(=O)c1ccccc1O)C1CCCCC1. The van der Waals surface area contributed by atoms with E-state index in [9.17, 15) is 14.7 Å². The summed E-state index contributed by atoms with van der Waals surface area (Å²) in [6.07, 6.45) is 9.35. The van der Waals surface area contributed by atoms with Gasteiger partial charge in [0.25, 0.3) is 11.8 Å². The summed E-state index contributed by atoms with van der Waals surface area (Å²) < 4.78 is 5.93. The number of aromatic hydroxyl groups is 1. The molecule has 0 aromatic heterocycles. The second-order valence-electron chi connectivity index (χ2n) is 9.15. The number of hydrogen-bond acceptors (Lipinski definition) is 5. The van der Waals surface area contributed by atoms with E-state index in [4.69, 9.17) is 4.74 Å². The van der Waals surface area contributed by atoms with Crippen molar-refractivity contribution in [3.8, 4) is 11.5 Å². The first-order valence-electron chi connectivity index (χ1n) is 12.8. The van der Waals surface area contributed by atoms with E-state index in [1.807, 2.05) is 18.2 Å². The van der Waals surface area contributed by atoms with E-state index in [0.717, 1.165) is 19.3 Å². The van der Waals surface area contributed by atoms with Gasteiger partial charge in [-0.05, 0) is 55.9 Å². The third kappa shape index (κ3) is 8.28.